The third-order valence-electron chi connectivity index (χ3n) is 2.78. The van der Waals surface area contributed by atoms with Crippen LogP contribution in [0, 0.1) is 22.7 Å². The maximum Gasteiger partial charge on any atom is 0.173 e. The molecular formula is C14H14N8. The molecule has 2 rings (SSSR count). The smallest absolute Gasteiger partial charge is 0.173 e. The molecule has 0 bridgehead atoms. The number of anilines is 4. The maximum atomic E-state index is 8.82. The summed E-state index contributed by atoms with van der Waals surface area (Å²) in [7, 11) is 0. The highest BCUT2D eigenvalue weighted by molar-refractivity contribution is 5.76. The molecule has 0 aliphatic carbocycles. The molecule has 2 aromatic rings. The van der Waals surface area contributed by atoms with E-state index in [0.717, 1.165) is 5.69 Å². The number of nitrogens with one attached hydrogen (secondary N) is 2. The summed E-state index contributed by atoms with van der Waals surface area (Å²) in [6.45, 7) is 0.0284. The average Bonchev–Trinajstić information content (AvgIpc) is 2.55. The fraction of sp³-hybridized carbons (Fsp3) is 0.143. The van der Waals surface area contributed by atoms with Crippen LogP contribution in [-0.2, 0) is 0 Å². The fourth-order valence-electron chi connectivity index (χ4n) is 1.77. The first kappa shape index (κ1) is 14.9. The van der Waals surface area contributed by atoms with Gasteiger partial charge in [0.05, 0.1) is 17.8 Å². The number of nitrogen functional groups attached to an aromatic ring is 1. The number of hydrazine groups is 1. The molecule has 0 fully saturated rings. The standard InChI is InChI=1S/C14H14N8/c15-6-8-22(9-7-16)14-12(17)13(18-10-19-14)21-20-11-4-2-1-3-5-11/h1-5,10,20H,8-9,17H2,(H,18,19,21). The Morgan fingerprint density at radius 1 is 1.05 bits per heavy atom. The van der Waals surface area contributed by atoms with Crippen LogP contribution < -0.4 is 21.5 Å². The first-order chi connectivity index (χ1) is 10.8. The molecular weight excluding hydrogens is 280 g/mol. The minimum absolute atomic E-state index is 0.0142. The van der Waals surface area contributed by atoms with Crippen molar-refractivity contribution in [3.8, 4) is 12.1 Å². The molecule has 1 aromatic heterocycles. The molecule has 22 heavy (non-hydrogen) atoms. The second kappa shape index (κ2) is 7.31. The first-order valence-electron chi connectivity index (χ1n) is 6.42. The van der Waals surface area contributed by atoms with Gasteiger partial charge in [0.2, 0.25) is 0 Å². The maximum absolute atomic E-state index is 8.82. The first-order valence-corrected chi connectivity index (χ1v) is 6.42. The van der Waals surface area contributed by atoms with E-state index in [-0.39, 0.29) is 18.8 Å². The molecule has 1 aromatic carbocycles. The normalized spacial score (nSPS) is 9.36. The zero-order valence-corrected chi connectivity index (χ0v) is 11.7. The van der Waals surface area contributed by atoms with Crippen molar-refractivity contribution < 1.29 is 0 Å². The lowest BCUT2D eigenvalue weighted by Crippen LogP contribution is -2.26. The zero-order valence-electron chi connectivity index (χ0n) is 11.7. The SMILES string of the molecule is N#CCN(CC#N)c1ncnc(NNc2ccccc2)c1N. The lowest BCUT2D eigenvalue weighted by atomic mass is 10.3. The van der Waals surface area contributed by atoms with E-state index in [1.54, 1.807) is 0 Å². The van der Waals surface area contributed by atoms with Gasteiger partial charge in [-0.05, 0) is 12.1 Å². The van der Waals surface area contributed by atoms with Crippen LogP contribution >= 0.6 is 0 Å². The number of nitrogens with two attached hydrogens (primary N) is 1. The Hall–Kier alpha value is -3.52. The number of para-hydroxylation sites is 1. The summed E-state index contributed by atoms with van der Waals surface area (Å²) in [5, 5.41) is 17.6. The van der Waals surface area contributed by atoms with Crippen LogP contribution in [0.4, 0.5) is 23.0 Å². The van der Waals surface area contributed by atoms with Crippen LogP contribution in [0.5, 0.6) is 0 Å². The Morgan fingerprint density at radius 3 is 2.36 bits per heavy atom. The van der Waals surface area contributed by atoms with Gasteiger partial charge in [-0.3, -0.25) is 10.9 Å². The largest absolute Gasteiger partial charge is 0.393 e. The van der Waals surface area contributed by atoms with Gasteiger partial charge in [0, 0.05) is 0 Å². The van der Waals surface area contributed by atoms with Crippen LogP contribution in [0.25, 0.3) is 0 Å². The highest BCUT2D eigenvalue weighted by Crippen LogP contribution is 2.25. The van der Waals surface area contributed by atoms with Gasteiger partial charge in [0.15, 0.2) is 11.6 Å². The number of hydrogen-bond acceptors (Lipinski definition) is 8. The van der Waals surface area contributed by atoms with Crippen molar-refractivity contribution in [1.82, 2.24) is 9.97 Å². The third-order valence-corrected chi connectivity index (χ3v) is 2.78. The van der Waals surface area contributed by atoms with Gasteiger partial charge in [-0.15, -0.1) is 0 Å². The average molecular weight is 294 g/mol. The van der Waals surface area contributed by atoms with E-state index < -0.39 is 0 Å². The van der Waals surface area contributed by atoms with Gasteiger partial charge in [-0.1, -0.05) is 18.2 Å². The van der Waals surface area contributed by atoms with Crippen LogP contribution in [0.1, 0.15) is 0 Å². The number of hydrogen-bond donors (Lipinski definition) is 3. The summed E-state index contributed by atoms with van der Waals surface area (Å²) < 4.78 is 0. The third kappa shape index (κ3) is 3.52. The number of aromatic nitrogens is 2. The van der Waals surface area contributed by atoms with Crippen molar-refractivity contribution >= 4 is 23.0 Å². The van der Waals surface area contributed by atoms with E-state index in [4.69, 9.17) is 16.3 Å². The Kier molecular flexibility index (Phi) is 4.95. The zero-order chi connectivity index (χ0) is 15.8. The molecule has 1 heterocycles. The molecule has 8 nitrogen and oxygen atoms in total. The molecule has 0 aliphatic rings. The van der Waals surface area contributed by atoms with Crippen molar-refractivity contribution in [2.45, 2.75) is 0 Å². The van der Waals surface area contributed by atoms with Gasteiger partial charge in [0.1, 0.15) is 25.1 Å². The Bertz CT molecular complexity index is 685. The highest BCUT2D eigenvalue weighted by Gasteiger charge is 2.14. The van der Waals surface area contributed by atoms with Crippen molar-refractivity contribution in [3.05, 3.63) is 36.7 Å². The molecule has 0 saturated carbocycles. The quantitative estimate of drug-likeness (QED) is 0.538. The molecule has 0 spiro atoms. The Labute approximate surface area is 127 Å². The number of benzene rings is 1. The van der Waals surface area contributed by atoms with Crippen LogP contribution in [0.2, 0.25) is 0 Å². The van der Waals surface area contributed by atoms with Gasteiger partial charge in [0.25, 0.3) is 0 Å². The summed E-state index contributed by atoms with van der Waals surface area (Å²) in [5.41, 5.74) is 13.0. The summed E-state index contributed by atoms with van der Waals surface area (Å²) in [4.78, 5) is 9.58. The lowest BCUT2D eigenvalue weighted by Gasteiger charge is -2.20. The van der Waals surface area contributed by atoms with Crippen LogP contribution in [-0.4, -0.2) is 23.1 Å². The van der Waals surface area contributed by atoms with Gasteiger partial charge in [-0.2, -0.15) is 10.5 Å². The predicted molar refractivity (Wildman–Crippen MR) is 83.6 cm³/mol. The van der Waals surface area contributed by atoms with Crippen LogP contribution in [0.15, 0.2) is 36.7 Å². The number of rotatable bonds is 6. The van der Waals surface area contributed by atoms with Crippen molar-refractivity contribution in [3.63, 3.8) is 0 Å². The molecule has 0 unspecified atom stereocenters. The van der Waals surface area contributed by atoms with E-state index in [0.29, 0.717) is 11.6 Å². The topological polar surface area (TPSA) is 127 Å². The van der Waals surface area contributed by atoms with Gasteiger partial charge < -0.3 is 10.6 Å². The second-order valence-electron chi connectivity index (χ2n) is 4.25. The molecule has 0 radical (unpaired) electrons. The van der Waals surface area contributed by atoms with Gasteiger partial charge >= 0.3 is 0 Å². The molecule has 110 valence electrons. The van der Waals surface area contributed by atoms with E-state index >= 15 is 0 Å². The fourth-order valence-corrected chi connectivity index (χ4v) is 1.77. The summed E-state index contributed by atoms with van der Waals surface area (Å²) >= 11 is 0. The molecule has 8 heteroatoms. The Balaban J connectivity index is 2.18. The van der Waals surface area contributed by atoms with Crippen molar-refractivity contribution in [1.29, 1.82) is 10.5 Å². The lowest BCUT2D eigenvalue weighted by molar-refractivity contribution is 0.929. The van der Waals surface area contributed by atoms with Crippen LogP contribution in [0.3, 0.4) is 0 Å². The van der Waals surface area contributed by atoms with E-state index in [9.17, 15) is 0 Å². The summed E-state index contributed by atoms with van der Waals surface area (Å²) in [6.07, 6.45) is 1.32. The van der Waals surface area contributed by atoms with E-state index in [1.165, 1.54) is 11.2 Å². The number of nitrogens with zero attached hydrogens (tertiary/aromatic N) is 5. The molecule has 4 N–H and O–H groups in total. The number of nitriles is 2. The minimum atomic E-state index is 0.0142. The molecule has 0 aliphatic heterocycles. The minimum Gasteiger partial charge on any atom is -0.393 e. The monoisotopic (exact) mass is 294 g/mol. The molecule has 0 saturated heterocycles. The predicted octanol–water partition coefficient (Wildman–Crippen LogP) is 1.35. The van der Waals surface area contributed by atoms with Crippen molar-refractivity contribution in [2.75, 3.05) is 34.6 Å². The molecule has 0 atom stereocenters. The summed E-state index contributed by atoms with van der Waals surface area (Å²) in [6, 6.07) is 13.4. The molecule has 0 amide bonds. The van der Waals surface area contributed by atoms with Crippen molar-refractivity contribution in [2.24, 2.45) is 0 Å². The van der Waals surface area contributed by atoms with E-state index in [2.05, 4.69) is 20.8 Å². The Morgan fingerprint density at radius 2 is 1.73 bits per heavy atom. The van der Waals surface area contributed by atoms with E-state index in [1.807, 2.05) is 42.5 Å². The highest BCUT2D eigenvalue weighted by atomic mass is 15.4. The second-order valence-corrected chi connectivity index (χ2v) is 4.25. The van der Waals surface area contributed by atoms with Gasteiger partial charge in [-0.25, -0.2) is 9.97 Å². The summed E-state index contributed by atoms with van der Waals surface area (Å²) in [5.74, 6) is 0.713.